The zero-order valence-corrected chi connectivity index (χ0v) is 13.4. The Morgan fingerprint density at radius 2 is 1.08 bits per heavy atom. The van der Waals surface area contributed by atoms with Crippen LogP contribution in [0, 0.1) is 0 Å². The molecule has 13 heavy (non-hydrogen) atoms. The number of hydrogen-bond donors (Lipinski definition) is 0. The van der Waals surface area contributed by atoms with Gasteiger partial charge in [0.05, 0.1) is 15.6 Å². The zero-order valence-electron chi connectivity index (χ0n) is 5.93. The fourth-order valence-corrected chi connectivity index (χ4v) is 1.10. The minimum absolute atomic E-state index is 0. The van der Waals surface area contributed by atoms with E-state index in [1.54, 1.807) is 0 Å². The average Bonchev–Trinajstić information content (AvgIpc) is 1.14. The first-order valence-corrected chi connectivity index (χ1v) is 4.38. The molecule has 13 heteroatoms. The van der Waals surface area contributed by atoms with Crippen LogP contribution in [0.2, 0.25) is 0 Å². The number of rotatable bonds is 2. The van der Waals surface area contributed by atoms with E-state index in [1.807, 2.05) is 0 Å². The molecule has 0 aromatic carbocycles. The molecule has 0 saturated carbocycles. The summed E-state index contributed by atoms with van der Waals surface area (Å²) in [4.78, 5) is 37.3. The quantitative estimate of drug-likeness (QED) is 0.354. The molecule has 7 nitrogen and oxygen atoms in total. The van der Waals surface area contributed by atoms with Crippen molar-refractivity contribution in [3.8, 4) is 0 Å². The second-order valence-electron chi connectivity index (χ2n) is 0.976. The van der Waals surface area contributed by atoms with E-state index in [2.05, 4.69) is 4.31 Å². The molecule has 0 aromatic rings. The molecule has 0 saturated heterocycles. The van der Waals surface area contributed by atoms with Crippen LogP contribution < -0.4 is 49.1 Å². The summed E-state index contributed by atoms with van der Waals surface area (Å²) in [5.74, 6) is 0. The Balaban J connectivity index is -0.0000000533. The molecule has 0 fully saturated rings. The summed E-state index contributed by atoms with van der Waals surface area (Å²) in [7, 11) is -11.4. The second kappa shape index (κ2) is 11.4. The van der Waals surface area contributed by atoms with Gasteiger partial charge in [0, 0.05) is 0 Å². The monoisotopic (exact) mass is 359 g/mol. The predicted octanol–water partition coefficient (Wildman–Crippen LogP) is -6.34. The molecule has 0 atom stereocenters. The Kier molecular flexibility index (Phi) is 26.0. The standard InChI is InChI=1S/Fe.Mn.Na.H4O7P2.V/c;;;1-8(2,3)7-9(4,5)6;/h;;;(H2,1,2,3)(H2,4,5,6);/q2*+2;+1;;+5/p-4. The van der Waals surface area contributed by atoms with Crippen molar-refractivity contribution in [3.63, 3.8) is 0 Å². The topological polar surface area (TPSA) is 136 Å². The summed E-state index contributed by atoms with van der Waals surface area (Å²) in [6.07, 6.45) is 0. The number of hydrogen-bond acceptors (Lipinski definition) is 7. The summed E-state index contributed by atoms with van der Waals surface area (Å²) in [6, 6.07) is 0. The van der Waals surface area contributed by atoms with Crippen molar-refractivity contribution in [2.75, 3.05) is 0 Å². The first-order chi connectivity index (χ1) is 3.71. The van der Waals surface area contributed by atoms with Crippen LogP contribution in [0.4, 0.5) is 0 Å². The Morgan fingerprint density at radius 3 is 1.08 bits per heavy atom. The van der Waals surface area contributed by atoms with Gasteiger partial charge < -0.3 is 33.0 Å². The Bertz CT molecular complexity index is 167. The van der Waals surface area contributed by atoms with Crippen molar-refractivity contribution in [2.45, 2.75) is 0 Å². The van der Waals surface area contributed by atoms with E-state index < -0.39 is 15.6 Å². The van der Waals surface area contributed by atoms with Crippen LogP contribution in [-0.4, -0.2) is 0 Å². The van der Waals surface area contributed by atoms with Gasteiger partial charge in [-0.2, -0.15) is 0 Å². The van der Waals surface area contributed by atoms with Crippen molar-refractivity contribution in [1.29, 1.82) is 0 Å². The first-order valence-electron chi connectivity index (χ1n) is 1.46. The minimum Gasteiger partial charge on any atom is -0.790 e. The Morgan fingerprint density at radius 1 is 0.923 bits per heavy atom. The third kappa shape index (κ3) is 31.3. The van der Waals surface area contributed by atoms with Crippen LogP contribution in [0.15, 0.2) is 0 Å². The van der Waals surface area contributed by atoms with Gasteiger partial charge in [-0.3, -0.25) is 0 Å². The van der Waals surface area contributed by atoms with Crippen LogP contribution >= 0.6 is 15.6 Å². The molecule has 0 rings (SSSR count). The van der Waals surface area contributed by atoms with E-state index in [4.69, 9.17) is 0 Å². The molecule has 1 radical (unpaired) electrons. The predicted molar refractivity (Wildman–Crippen MR) is 16.3 cm³/mol. The zero-order chi connectivity index (χ0) is 7.71. The minimum atomic E-state index is -5.68. The van der Waals surface area contributed by atoms with Gasteiger partial charge in [-0.15, -0.1) is 0 Å². The van der Waals surface area contributed by atoms with Crippen LogP contribution in [0.1, 0.15) is 0 Å². The molecule has 0 aliphatic carbocycles. The van der Waals surface area contributed by atoms with Crippen molar-refractivity contribution in [3.05, 3.63) is 0 Å². The van der Waals surface area contributed by atoms with Gasteiger partial charge in [0.2, 0.25) is 0 Å². The maximum atomic E-state index is 9.32. The van der Waals surface area contributed by atoms with Crippen molar-refractivity contribution in [2.24, 2.45) is 0 Å². The van der Waals surface area contributed by atoms with Crippen LogP contribution in [0.25, 0.3) is 0 Å². The van der Waals surface area contributed by atoms with Gasteiger partial charge in [-0.05, 0) is 0 Å². The van der Waals surface area contributed by atoms with Gasteiger partial charge in [0.15, 0.2) is 0 Å². The fraction of sp³-hybridized carbons (Fsp3) is 0. The third-order valence-electron chi connectivity index (χ3n) is 0.200. The van der Waals surface area contributed by atoms with Crippen molar-refractivity contribution >= 4 is 15.6 Å². The molecule has 0 N–H and O–H groups in total. The van der Waals surface area contributed by atoms with Crippen molar-refractivity contribution in [1.82, 2.24) is 0 Å². The summed E-state index contributed by atoms with van der Waals surface area (Å²) >= 11 is 0. The summed E-state index contributed by atoms with van der Waals surface area (Å²) in [5.41, 5.74) is 0. The van der Waals surface area contributed by atoms with E-state index in [0.29, 0.717) is 0 Å². The Labute approximate surface area is 129 Å². The van der Waals surface area contributed by atoms with E-state index in [9.17, 15) is 28.7 Å². The van der Waals surface area contributed by atoms with E-state index in [1.165, 1.54) is 0 Å². The summed E-state index contributed by atoms with van der Waals surface area (Å²) < 4.78 is 21.2. The molecule has 0 heterocycles. The average molecular weight is 359 g/mol. The van der Waals surface area contributed by atoms with Gasteiger partial charge >= 0.3 is 82.3 Å². The summed E-state index contributed by atoms with van der Waals surface area (Å²) in [5, 5.41) is 0. The van der Waals surface area contributed by atoms with Gasteiger partial charge in [-0.25, -0.2) is 0 Å². The maximum Gasteiger partial charge on any atom is 5.00 e. The van der Waals surface area contributed by atoms with Gasteiger partial charge in [0.25, 0.3) is 0 Å². The first kappa shape index (κ1) is 29.7. The molecule has 0 unspecified atom stereocenters. The van der Waals surface area contributed by atoms with E-state index in [-0.39, 0.29) is 82.3 Å². The van der Waals surface area contributed by atoms with E-state index in [0.717, 1.165) is 0 Å². The largest absolute Gasteiger partial charge is 5.00 e. The number of phosphoric acid groups is 2. The van der Waals surface area contributed by atoms with Crippen LogP contribution in [-0.2, 0) is 66.1 Å². The molecule has 0 aromatic heterocycles. The summed E-state index contributed by atoms with van der Waals surface area (Å²) in [6.45, 7) is 0. The molecule has 0 amide bonds. The normalized spacial score (nSPS) is 9.54. The molecule has 0 aliphatic heterocycles. The van der Waals surface area contributed by atoms with Gasteiger partial charge in [0.1, 0.15) is 0 Å². The smallest absolute Gasteiger partial charge is 0.790 e. The van der Waals surface area contributed by atoms with Crippen molar-refractivity contribution < 1.29 is 115 Å². The molecular formula is FeMnNaO7P2V+6. The molecule has 67 valence electrons. The SMILES string of the molecule is O=P([O-])([O-])OP(=O)([O-])[O-].[Fe+2].[Mn+2].[Na+].[V+5]. The fourth-order valence-electron chi connectivity index (χ4n) is 0.122. The molecule has 0 bridgehead atoms. The maximum absolute atomic E-state index is 9.32. The molecule has 0 spiro atoms. The Hall–Kier alpha value is 2.88. The van der Waals surface area contributed by atoms with E-state index >= 15 is 0 Å². The molecule has 0 aliphatic rings. The third-order valence-corrected chi connectivity index (χ3v) is 1.80. The molecular weight excluding hydrogens is 359 g/mol. The van der Waals surface area contributed by atoms with Crippen LogP contribution in [0.3, 0.4) is 0 Å². The van der Waals surface area contributed by atoms with Gasteiger partial charge in [-0.1, -0.05) is 0 Å². The van der Waals surface area contributed by atoms with Crippen LogP contribution in [0.5, 0.6) is 0 Å². The second-order valence-corrected chi connectivity index (χ2v) is 3.42.